The predicted octanol–water partition coefficient (Wildman–Crippen LogP) is 5.74. The first-order valence-corrected chi connectivity index (χ1v) is 10.6. The Balaban J connectivity index is 1.76. The molecule has 9 nitrogen and oxygen atoms in total. The highest BCUT2D eigenvalue weighted by molar-refractivity contribution is 6.42. The van der Waals surface area contributed by atoms with Crippen molar-refractivity contribution in [3.05, 3.63) is 91.5 Å². The summed E-state index contributed by atoms with van der Waals surface area (Å²) < 4.78 is 11.2. The molecule has 3 aromatic carbocycles. The van der Waals surface area contributed by atoms with Crippen LogP contribution >= 0.6 is 23.2 Å². The first-order chi connectivity index (χ1) is 16.7. The number of nitrogens with zero attached hydrogens (tertiary/aromatic N) is 2. The average Bonchev–Trinajstić information content (AvgIpc) is 2.84. The lowest BCUT2D eigenvalue weighted by Crippen LogP contribution is -2.13. The van der Waals surface area contributed by atoms with Gasteiger partial charge in [0.05, 0.1) is 33.8 Å². The van der Waals surface area contributed by atoms with Crippen LogP contribution in [0.2, 0.25) is 10.0 Å². The van der Waals surface area contributed by atoms with Gasteiger partial charge in [0.15, 0.2) is 11.5 Å². The number of aromatic hydroxyl groups is 1. The van der Waals surface area contributed by atoms with Gasteiger partial charge in [0.1, 0.15) is 24.0 Å². The molecule has 0 saturated carbocycles. The number of hydrogen-bond donors (Lipinski definition) is 2. The third kappa shape index (κ3) is 6.41. The second kappa shape index (κ2) is 11.2. The van der Waals surface area contributed by atoms with E-state index >= 15 is 0 Å². The van der Waals surface area contributed by atoms with E-state index in [4.69, 9.17) is 32.7 Å². The summed E-state index contributed by atoms with van der Waals surface area (Å²) in [6.45, 7) is 0.201. The summed E-state index contributed by atoms with van der Waals surface area (Å²) in [5.74, 6) is -0.524. The maximum atomic E-state index is 12.5. The monoisotopic (exact) mass is 513 g/mol. The maximum absolute atomic E-state index is 12.5. The number of nitro benzene ring substituents is 1. The Morgan fingerprint density at radius 2 is 1.91 bits per heavy atom. The van der Waals surface area contributed by atoms with E-state index in [2.05, 4.69) is 5.32 Å². The topological polar surface area (TPSA) is 135 Å². The van der Waals surface area contributed by atoms with Gasteiger partial charge < -0.3 is 19.9 Å². The first kappa shape index (κ1) is 25.4. The molecule has 11 heteroatoms. The van der Waals surface area contributed by atoms with Crippen LogP contribution in [0.5, 0.6) is 17.2 Å². The molecule has 3 aromatic rings. The smallest absolute Gasteiger partial charge is 0.273 e. The van der Waals surface area contributed by atoms with Crippen LogP contribution in [-0.2, 0) is 11.4 Å². The number of phenolic OH excluding ortho intramolecular Hbond substituents is 1. The highest BCUT2D eigenvalue weighted by Gasteiger charge is 2.15. The number of phenols is 1. The van der Waals surface area contributed by atoms with Crippen LogP contribution < -0.4 is 14.8 Å². The summed E-state index contributed by atoms with van der Waals surface area (Å²) in [6.07, 6.45) is 1.32. The second-order valence-corrected chi connectivity index (χ2v) is 7.84. The minimum atomic E-state index is -0.810. The second-order valence-electron chi connectivity index (χ2n) is 7.03. The molecule has 1 amide bonds. The van der Waals surface area contributed by atoms with Crippen molar-refractivity contribution < 1.29 is 24.3 Å². The molecule has 178 valence electrons. The van der Waals surface area contributed by atoms with Crippen LogP contribution in [-0.4, -0.2) is 23.0 Å². The molecule has 0 aromatic heterocycles. The Kier molecular flexibility index (Phi) is 8.15. The van der Waals surface area contributed by atoms with Crippen LogP contribution in [0.1, 0.15) is 11.1 Å². The van der Waals surface area contributed by atoms with Crippen LogP contribution in [0, 0.1) is 21.4 Å². The molecule has 0 bridgehead atoms. The average molecular weight is 514 g/mol. The lowest BCUT2D eigenvalue weighted by atomic mass is 10.1. The van der Waals surface area contributed by atoms with E-state index in [0.29, 0.717) is 27.1 Å². The van der Waals surface area contributed by atoms with Crippen molar-refractivity contribution in [2.45, 2.75) is 6.61 Å². The van der Waals surface area contributed by atoms with E-state index in [1.165, 1.54) is 19.3 Å². The zero-order valence-electron chi connectivity index (χ0n) is 18.1. The molecule has 0 aliphatic rings. The van der Waals surface area contributed by atoms with Crippen molar-refractivity contribution in [3.63, 3.8) is 0 Å². The van der Waals surface area contributed by atoms with Crippen LogP contribution in [0.3, 0.4) is 0 Å². The molecule has 0 spiro atoms. The Morgan fingerprint density at radius 1 is 1.14 bits per heavy atom. The summed E-state index contributed by atoms with van der Waals surface area (Å²) >= 11 is 11.9. The van der Waals surface area contributed by atoms with Crippen LogP contribution in [0.25, 0.3) is 6.08 Å². The number of carbonyl (C=O) groups excluding carboxylic acids is 1. The van der Waals surface area contributed by atoms with Crippen molar-refractivity contribution in [1.82, 2.24) is 0 Å². The summed E-state index contributed by atoms with van der Waals surface area (Å²) in [7, 11) is 1.45. The van der Waals surface area contributed by atoms with Crippen LogP contribution in [0.4, 0.5) is 11.4 Å². The van der Waals surface area contributed by atoms with E-state index in [1.54, 1.807) is 42.5 Å². The minimum absolute atomic E-state index is 0.0784. The zero-order valence-corrected chi connectivity index (χ0v) is 19.6. The van der Waals surface area contributed by atoms with E-state index in [0.717, 1.165) is 17.7 Å². The van der Waals surface area contributed by atoms with Gasteiger partial charge in [-0.2, -0.15) is 5.26 Å². The Hall–Kier alpha value is -4.26. The summed E-state index contributed by atoms with van der Waals surface area (Å²) in [5.41, 5.74) is 0.580. The Labute approximate surface area is 209 Å². The standard InChI is InChI=1S/C24H17Cl2N3O6/c1-34-23-10-14(3-7-22(23)35-13-15-2-5-18(25)19(26)9-15)8-16(12-27)24(31)28-20-6-4-17(29(32)33)11-21(20)30/h2-11,30H,13H2,1H3,(H,28,31)/b16-8+. The lowest BCUT2D eigenvalue weighted by Gasteiger charge is -2.12. The third-order valence-electron chi connectivity index (χ3n) is 4.68. The van der Waals surface area contributed by atoms with Crippen molar-refractivity contribution in [3.8, 4) is 23.3 Å². The van der Waals surface area contributed by atoms with E-state index in [-0.39, 0.29) is 23.6 Å². The number of rotatable bonds is 8. The molecule has 0 atom stereocenters. The molecule has 3 rings (SSSR count). The van der Waals surface area contributed by atoms with Gasteiger partial charge in [-0.15, -0.1) is 0 Å². The Bertz CT molecular complexity index is 1370. The predicted molar refractivity (Wildman–Crippen MR) is 131 cm³/mol. The van der Waals surface area contributed by atoms with Gasteiger partial charge in [-0.05, 0) is 47.5 Å². The number of nitriles is 1. The van der Waals surface area contributed by atoms with Crippen molar-refractivity contribution in [2.75, 3.05) is 12.4 Å². The molecular formula is C24H17Cl2N3O6. The number of nitrogens with one attached hydrogen (secondary N) is 1. The Morgan fingerprint density at radius 3 is 2.54 bits per heavy atom. The summed E-state index contributed by atoms with van der Waals surface area (Å²) in [5, 5.41) is 33.4. The van der Waals surface area contributed by atoms with Crippen LogP contribution in [0.15, 0.2) is 60.2 Å². The normalized spacial score (nSPS) is 10.9. The van der Waals surface area contributed by atoms with Gasteiger partial charge in [-0.25, -0.2) is 0 Å². The van der Waals surface area contributed by atoms with Gasteiger partial charge in [0.2, 0.25) is 0 Å². The molecule has 35 heavy (non-hydrogen) atoms. The van der Waals surface area contributed by atoms with Gasteiger partial charge >= 0.3 is 0 Å². The number of ether oxygens (including phenoxy) is 2. The van der Waals surface area contributed by atoms with Gasteiger partial charge in [-0.1, -0.05) is 35.3 Å². The molecule has 0 saturated heterocycles. The molecule has 0 aliphatic heterocycles. The van der Waals surface area contributed by atoms with E-state index in [1.807, 2.05) is 0 Å². The molecule has 0 radical (unpaired) electrons. The first-order valence-electron chi connectivity index (χ1n) is 9.87. The number of carbonyl (C=O) groups is 1. The van der Waals surface area contributed by atoms with Crippen molar-refractivity contribution in [2.24, 2.45) is 0 Å². The highest BCUT2D eigenvalue weighted by atomic mass is 35.5. The van der Waals surface area contributed by atoms with Crippen molar-refractivity contribution >= 4 is 46.6 Å². The van der Waals surface area contributed by atoms with Crippen molar-refractivity contribution in [1.29, 1.82) is 5.26 Å². The fraction of sp³-hybridized carbons (Fsp3) is 0.0833. The zero-order chi connectivity index (χ0) is 25.5. The number of benzene rings is 3. The minimum Gasteiger partial charge on any atom is -0.506 e. The fourth-order valence-corrected chi connectivity index (χ4v) is 3.25. The molecule has 0 aliphatic carbocycles. The quantitative estimate of drug-likeness (QED) is 0.129. The molecule has 2 N–H and O–H groups in total. The third-order valence-corrected chi connectivity index (χ3v) is 5.42. The number of anilines is 1. The number of nitro groups is 1. The molecule has 0 fully saturated rings. The molecule has 0 heterocycles. The number of amides is 1. The number of non-ortho nitro benzene ring substituents is 1. The fourth-order valence-electron chi connectivity index (χ4n) is 2.93. The molecular weight excluding hydrogens is 497 g/mol. The largest absolute Gasteiger partial charge is 0.506 e. The SMILES string of the molecule is COc1cc(/C=C(\C#N)C(=O)Nc2ccc([N+](=O)[O-])cc2O)ccc1OCc1ccc(Cl)c(Cl)c1. The number of hydrogen-bond acceptors (Lipinski definition) is 7. The lowest BCUT2D eigenvalue weighted by molar-refractivity contribution is -0.384. The number of methoxy groups -OCH3 is 1. The molecule has 0 unspecified atom stereocenters. The van der Waals surface area contributed by atoms with Gasteiger partial charge in [0.25, 0.3) is 11.6 Å². The van der Waals surface area contributed by atoms with Gasteiger partial charge in [-0.3, -0.25) is 14.9 Å². The summed E-state index contributed by atoms with van der Waals surface area (Å²) in [6, 6.07) is 14.9. The van der Waals surface area contributed by atoms with Gasteiger partial charge in [0, 0.05) is 6.07 Å². The highest BCUT2D eigenvalue weighted by Crippen LogP contribution is 2.31. The van der Waals surface area contributed by atoms with E-state index < -0.39 is 16.6 Å². The number of halogens is 2. The maximum Gasteiger partial charge on any atom is 0.273 e. The van der Waals surface area contributed by atoms with E-state index in [9.17, 15) is 25.3 Å². The summed E-state index contributed by atoms with van der Waals surface area (Å²) in [4.78, 5) is 22.6.